The summed E-state index contributed by atoms with van der Waals surface area (Å²) in [6, 6.07) is 0. The van der Waals surface area contributed by atoms with Crippen LogP contribution in [0, 0.1) is 0 Å². The average Bonchev–Trinajstić information content (AvgIpc) is 2.33. The maximum Gasteiger partial charge on any atom is 0.508 e. The first-order chi connectivity index (χ1) is 7.97. The van der Waals surface area contributed by atoms with Crippen molar-refractivity contribution in [1.82, 2.24) is 0 Å². The molecule has 2 N–H and O–H groups in total. The number of carbonyl (C=O) groups is 2. The zero-order chi connectivity index (χ0) is 13.7. The van der Waals surface area contributed by atoms with Crippen molar-refractivity contribution >= 4 is 12.3 Å². The zero-order valence-corrected chi connectivity index (χ0v) is 16.9. The second-order valence-electron chi connectivity index (χ2n) is 2.64. The molecule has 0 amide bonds. The van der Waals surface area contributed by atoms with Crippen molar-refractivity contribution < 1.29 is 104 Å². The van der Waals surface area contributed by atoms with Gasteiger partial charge in [0.2, 0.25) is 0 Å². The molecule has 1 atom stereocenters. The summed E-state index contributed by atoms with van der Waals surface area (Å²) in [5, 5.41) is 16.6. The SMILES string of the molecule is C.COC(=O)OCC(C)O.COC(=O)OCCO.[Y].[Y]. The molecule has 0 bridgehead atoms. The Kier molecular flexibility index (Phi) is 40.2. The molecular weight excluding hydrogens is 426 g/mol. The van der Waals surface area contributed by atoms with Crippen LogP contribution in [0.5, 0.6) is 0 Å². The average molecular weight is 448 g/mol. The Morgan fingerprint density at radius 1 is 1.05 bits per heavy atom. The molecule has 0 aliphatic rings. The van der Waals surface area contributed by atoms with Crippen LogP contribution in [0.4, 0.5) is 9.59 Å². The van der Waals surface area contributed by atoms with Crippen molar-refractivity contribution in [2.45, 2.75) is 20.5 Å². The Hall–Kier alpha value is 0.668. The molecule has 0 heterocycles. The van der Waals surface area contributed by atoms with Gasteiger partial charge >= 0.3 is 12.3 Å². The number of methoxy groups -OCH3 is 2. The monoisotopic (exact) mass is 448 g/mol. The molecule has 0 aliphatic heterocycles. The summed E-state index contributed by atoms with van der Waals surface area (Å²) < 4.78 is 16.8. The van der Waals surface area contributed by atoms with Gasteiger partial charge in [0.25, 0.3) is 0 Å². The van der Waals surface area contributed by atoms with Crippen LogP contribution in [0.3, 0.4) is 0 Å². The van der Waals surface area contributed by atoms with E-state index in [2.05, 4.69) is 18.9 Å². The van der Waals surface area contributed by atoms with Gasteiger partial charge in [-0.05, 0) is 6.92 Å². The third-order valence-electron chi connectivity index (χ3n) is 1.09. The second-order valence-corrected chi connectivity index (χ2v) is 2.64. The molecule has 10 heteroatoms. The largest absolute Gasteiger partial charge is 0.508 e. The fourth-order valence-electron chi connectivity index (χ4n) is 0.435. The van der Waals surface area contributed by atoms with Gasteiger partial charge in [-0.25, -0.2) is 9.59 Å². The molecular formula is C10H22O8Y2. The van der Waals surface area contributed by atoms with E-state index in [1.54, 1.807) is 0 Å². The topological polar surface area (TPSA) is 112 Å². The van der Waals surface area contributed by atoms with E-state index in [4.69, 9.17) is 10.2 Å². The normalized spacial score (nSPS) is 8.85. The Bertz CT molecular complexity index is 213. The van der Waals surface area contributed by atoms with E-state index < -0.39 is 18.4 Å². The molecule has 0 spiro atoms. The Morgan fingerprint density at radius 3 is 1.75 bits per heavy atom. The van der Waals surface area contributed by atoms with Crippen LogP contribution in [0.1, 0.15) is 14.4 Å². The van der Waals surface area contributed by atoms with Crippen LogP contribution in [0.2, 0.25) is 0 Å². The van der Waals surface area contributed by atoms with Gasteiger partial charge in [-0.15, -0.1) is 0 Å². The molecule has 0 saturated heterocycles. The quantitative estimate of drug-likeness (QED) is 0.600. The summed E-state index contributed by atoms with van der Waals surface area (Å²) >= 11 is 0. The summed E-state index contributed by atoms with van der Waals surface area (Å²) in [5.74, 6) is 0. The Morgan fingerprint density at radius 2 is 1.45 bits per heavy atom. The minimum atomic E-state index is -0.768. The first-order valence-electron chi connectivity index (χ1n) is 4.68. The van der Waals surface area contributed by atoms with Crippen molar-refractivity contribution in [3.63, 3.8) is 0 Å². The van der Waals surface area contributed by atoms with E-state index in [1.165, 1.54) is 21.1 Å². The first-order valence-corrected chi connectivity index (χ1v) is 4.68. The molecule has 2 radical (unpaired) electrons. The minimum absolute atomic E-state index is 0. The molecule has 1 unspecified atom stereocenters. The van der Waals surface area contributed by atoms with Crippen LogP contribution in [0.15, 0.2) is 0 Å². The smallest absolute Gasteiger partial charge is 0.438 e. The molecule has 8 nitrogen and oxygen atoms in total. The van der Waals surface area contributed by atoms with E-state index >= 15 is 0 Å². The summed E-state index contributed by atoms with van der Waals surface area (Å²) in [4.78, 5) is 20.2. The number of ether oxygens (including phenoxy) is 4. The van der Waals surface area contributed by atoms with Crippen LogP contribution in [-0.4, -0.2) is 62.7 Å². The molecule has 0 rings (SSSR count). The number of carbonyl (C=O) groups excluding carboxylic acids is 2. The summed E-state index contributed by atoms with van der Waals surface area (Å²) in [6.45, 7) is 1.32. The van der Waals surface area contributed by atoms with E-state index in [0.717, 1.165) is 0 Å². The maximum absolute atomic E-state index is 10.2. The fraction of sp³-hybridized carbons (Fsp3) is 0.800. The van der Waals surface area contributed by atoms with Crippen molar-refractivity contribution in [3.8, 4) is 0 Å². The standard InChI is InChI=1S/C5H10O4.C4H8O4.CH4.2Y/c1-4(6)3-9-5(7)8-2;1-7-4(6)8-3-2-5;;;/h4,6H,3H2,1-2H3;5H,2-3H2,1H3;1H4;;. The number of hydrogen-bond acceptors (Lipinski definition) is 8. The Balaban J connectivity index is -0.0000000655. The summed E-state index contributed by atoms with van der Waals surface area (Å²) in [7, 11) is 2.42. The number of hydrogen-bond donors (Lipinski definition) is 2. The van der Waals surface area contributed by atoms with Crippen LogP contribution in [-0.2, 0) is 84.4 Å². The predicted molar refractivity (Wildman–Crippen MR) is 62.2 cm³/mol. The molecule has 20 heavy (non-hydrogen) atoms. The van der Waals surface area contributed by atoms with E-state index in [-0.39, 0.29) is 92.7 Å². The van der Waals surface area contributed by atoms with Gasteiger partial charge < -0.3 is 29.2 Å². The van der Waals surface area contributed by atoms with Gasteiger partial charge in [0.1, 0.15) is 13.2 Å². The van der Waals surface area contributed by atoms with Gasteiger partial charge in [-0.2, -0.15) is 0 Å². The summed E-state index contributed by atoms with van der Waals surface area (Å²) in [5.41, 5.74) is 0. The van der Waals surface area contributed by atoms with Crippen molar-refractivity contribution in [2.24, 2.45) is 0 Å². The van der Waals surface area contributed by atoms with Gasteiger partial charge in [-0.3, -0.25) is 0 Å². The number of rotatable bonds is 4. The fourth-order valence-corrected chi connectivity index (χ4v) is 0.435. The second kappa shape index (κ2) is 24.7. The molecule has 0 aliphatic carbocycles. The van der Waals surface area contributed by atoms with Crippen LogP contribution < -0.4 is 0 Å². The molecule has 116 valence electrons. The van der Waals surface area contributed by atoms with Gasteiger partial charge in [0, 0.05) is 65.4 Å². The molecule has 0 fully saturated rings. The van der Waals surface area contributed by atoms with Crippen molar-refractivity contribution in [2.75, 3.05) is 34.0 Å². The third-order valence-corrected chi connectivity index (χ3v) is 1.09. The van der Waals surface area contributed by atoms with Gasteiger partial charge in [0.05, 0.1) is 26.9 Å². The molecule has 0 aromatic heterocycles. The van der Waals surface area contributed by atoms with E-state index in [9.17, 15) is 9.59 Å². The van der Waals surface area contributed by atoms with Crippen LogP contribution in [0.25, 0.3) is 0 Å². The minimum Gasteiger partial charge on any atom is -0.438 e. The van der Waals surface area contributed by atoms with Crippen LogP contribution >= 0.6 is 0 Å². The number of aliphatic hydroxyl groups is 2. The van der Waals surface area contributed by atoms with Crippen molar-refractivity contribution in [3.05, 3.63) is 0 Å². The van der Waals surface area contributed by atoms with E-state index in [0.29, 0.717) is 0 Å². The van der Waals surface area contributed by atoms with Crippen molar-refractivity contribution in [1.29, 1.82) is 0 Å². The van der Waals surface area contributed by atoms with Gasteiger partial charge in [-0.1, -0.05) is 7.43 Å². The number of aliphatic hydroxyl groups excluding tert-OH is 2. The molecule has 0 aromatic carbocycles. The maximum atomic E-state index is 10.2. The zero-order valence-electron chi connectivity index (χ0n) is 11.2. The Labute approximate surface area is 169 Å². The predicted octanol–water partition coefficient (Wildman–Crippen LogP) is 0.543. The molecule has 0 aromatic rings. The first kappa shape index (κ1) is 32.6. The van der Waals surface area contributed by atoms with Gasteiger partial charge in [0.15, 0.2) is 0 Å². The van der Waals surface area contributed by atoms with E-state index in [1.807, 2.05) is 0 Å². The summed E-state index contributed by atoms with van der Waals surface area (Å²) in [6.07, 6.45) is -2.17. The molecule has 0 saturated carbocycles. The third kappa shape index (κ3) is 31.2.